The van der Waals surface area contributed by atoms with Crippen LogP contribution in [0.2, 0.25) is 0 Å². The Morgan fingerprint density at radius 1 is 1.40 bits per heavy atom. The number of likely N-dealkylation sites (N-methyl/N-ethyl adjacent to an activating group) is 1. The van der Waals surface area contributed by atoms with Gasteiger partial charge in [0.25, 0.3) is 0 Å². The van der Waals surface area contributed by atoms with Gasteiger partial charge in [-0.05, 0) is 25.8 Å². The number of hydrogen-bond donors (Lipinski definition) is 1. The average Bonchev–Trinajstić information content (AvgIpc) is 1.90. The predicted molar refractivity (Wildman–Crippen MR) is 43.0 cm³/mol. The van der Waals surface area contributed by atoms with Crippen molar-refractivity contribution in [1.82, 2.24) is 5.32 Å². The fourth-order valence-corrected chi connectivity index (χ4v) is 0.793. The second-order valence-electron chi connectivity index (χ2n) is 3.00. The molecule has 0 saturated heterocycles. The van der Waals surface area contributed by atoms with Gasteiger partial charge in [0.15, 0.2) is 0 Å². The molecule has 0 aromatic carbocycles. The lowest BCUT2D eigenvalue weighted by atomic mass is 10.0. The van der Waals surface area contributed by atoms with Gasteiger partial charge in [0.2, 0.25) is 0 Å². The minimum absolute atomic E-state index is 0.0578. The Kier molecular flexibility index (Phi) is 5.22. The molecule has 10 heavy (non-hydrogen) atoms. The lowest BCUT2D eigenvalue weighted by molar-refractivity contribution is -0.109. The first kappa shape index (κ1) is 9.63. The summed E-state index contributed by atoms with van der Waals surface area (Å²) in [6.45, 7) is 4.33. The van der Waals surface area contributed by atoms with Gasteiger partial charge in [0.1, 0.15) is 6.29 Å². The average molecular weight is 143 g/mol. The molecule has 0 saturated carbocycles. The van der Waals surface area contributed by atoms with Crippen molar-refractivity contribution >= 4 is 6.29 Å². The molecule has 0 bridgehead atoms. The van der Waals surface area contributed by atoms with Gasteiger partial charge >= 0.3 is 0 Å². The second-order valence-corrected chi connectivity index (χ2v) is 3.00. The van der Waals surface area contributed by atoms with Crippen LogP contribution in [0.4, 0.5) is 0 Å². The van der Waals surface area contributed by atoms with Crippen LogP contribution < -0.4 is 5.32 Å². The molecule has 1 atom stereocenters. The largest absolute Gasteiger partial charge is 0.311 e. The summed E-state index contributed by atoms with van der Waals surface area (Å²) in [6, 6.07) is 0.0578. The minimum atomic E-state index is 0.0578. The van der Waals surface area contributed by atoms with E-state index in [1.54, 1.807) is 0 Å². The number of carbonyl (C=O) groups is 1. The topological polar surface area (TPSA) is 29.1 Å². The van der Waals surface area contributed by atoms with Gasteiger partial charge in [-0.2, -0.15) is 0 Å². The first-order chi connectivity index (χ1) is 4.70. The molecule has 0 aromatic heterocycles. The van der Waals surface area contributed by atoms with Crippen molar-refractivity contribution in [3.8, 4) is 0 Å². The predicted octanol–water partition coefficient (Wildman–Crippen LogP) is 1.21. The van der Waals surface area contributed by atoms with Crippen LogP contribution in [-0.4, -0.2) is 19.4 Å². The molecule has 0 unspecified atom stereocenters. The fourth-order valence-electron chi connectivity index (χ4n) is 0.793. The third-order valence-corrected chi connectivity index (χ3v) is 1.59. The highest BCUT2D eigenvalue weighted by molar-refractivity contribution is 5.57. The molecular formula is C8H17NO. The normalized spacial score (nSPS) is 13.6. The van der Waals surface area contributed by atoms with E-state index in [2.05, 4.69) is 19.2 Å². The van der Waals surface area contributed by atoms with Crippen LogP contribution in [0.3, 0.4) is 0 Å². The standard InChI is InChI=1S/C8H17NO/c1-7(2)4-5-8(6-10)9-3/h6-9H,4-5H2,1-3H3/t8-/m0/s1. The van der Waals surface area contributed by atoms with E-state index in [4.69, 9.17) is 0 Å². The molecule has 2 heteroatoms. The van der Waals surface area contributed by atoms with Crippen molar-refractivity contribution < 1.29 is 4.79 Å². The monoisotopic (exact) mass is 143 g/mol. The quantitative estimate of drug-likeness (QED) is 0.586. The smallest absolute Gasteiger partial charge is 0.136 e. The third-order valence-electron chi connectivity index (χ3n) is 1.59. The Morgan fingerprint density at radius 3 is 2.30 bits per heavy atom. The number of nitrogens with one attached hydrogen (secondary N) is 1. The van der Waals surface area contributed by atoms with Crippen LogP contribution in [0, 0.1) is 5.92 Å². The van der Waals surface area contributed by atoms with E-state index in [1.165, 1.54) is 0 Å². The van der Waals surface area contributed by atoms with Crippen LogP contribution in [0.5, 0.6) is 0 Å². The van der Waals surface area contributed by atoms with Gasteiger partial charge < -0.3 is 10.1 Å². The SMILES string of the molecule is CN[C@H](C=O)CCC(C)C. The minimum Gasteiger partial charge on any atom is -0.311 e. The third kappa shape index (κ3) is 4.50. The first-order valence-electron chi connectivity index (χ1n) is 3.83. The van der Waals surface area contributed by atoms with Crippen molar-refractivity contribution in [2.75, 3.05) is 7.05 Å². The highest BCUT2D eigenvalue weighted by atomic mass is 16.1. The zero-order chi connectivity index (χ0) is 7.98. The number of carbonyl (C=O) groups excluding carboxylic acids is 1. The summed E-state index contributed by atoms with van der Waals surface area (Å²) < 4.78 is 0. The Hall–Kier alpha value is -0.370. The maximum Gasteiger partial charge on any atom is 0.136 e. The fraction of sp³-hybridized carbons (Fsp3) is 0.875. The molecule has 0 aliphatic heterocycles. The van der Waals surface area contributed by atoms with E-state index in [1.807, 2.05) is 7.05 Å². The Morgan fingerprint density at radius 2 is 2.00 bits per heavy atom. The number of hydrogen-bond acceptors (Lipinski definition) is 2. The molecule has 0 rings (SSSR count). The van der Waals surface area contributed by atoms with Crippen molar-refractivity contribution in [1.29, 1.82) is 0 Å². The summed E-state index contributed by atoms with van der Waals surface area (Å²) in [5, 5.41) is 2.94. The van der Waals surface area contributed by atoms with E-state index < -0.39 is 0 Å². The Labute approximate surface area is 63.0 Å². The zero-order valence-corrected chi connectivity index (χ0v) is 7.05. The van der Waals surface area contributed by atoms with E-state index in [9.17, 15) is 4.79 Å². The van der Waals surface area contributed by atoms with Gasteiger partial charge in [0, 0.05) is 0 Å². The van der Waals surface area contributed by atoms with Gasteiger partial charge in [-0.15, -0.1) is 0 Å². The molecule has 60 valence electrons. The molecule has 0 aliphatic carbocycles. The molecule has 0 fully saturated rings. The van der Waals surface area contributed by atoms with Crippen LogP contribution in [0.15, 0.2) is 0 Å². The van der Waals surface area contributed by atoms with Gasteiger partial charge in [-0.25, -0.2) is 0 Å². The summed E-state index contributed by atoms with van der Waals surface area (Å²) in [6.07, 6.45) is 3.05. The van der Waals surface area contributed by atoms with Crippen molar-refractivity contribution in [2.24, 2.45) is 5.92 Å². The molecule has 0 aliphatic rings. The summed E-state index contributed by atoms with van der Waals surface area (Å²) in [4.78, 5) is 10.3. The van der Waals surface area contributed by atoms with Gasteiger partial charge in [-0.1, -0.05) is 13.8 Å². The molecule has 2 nitrogen and oxygen atoms in total. The van der Waals surface area contributed by atoms with E-state index in [0.29, 0.717) is 5.92 Å². The van der Waals surface area contributed by atoms with E-state index in [-0.39, 0.29) is 6.04 Å². The summed E-state index contributed by atoms with van der Waals surface area (Å²) in [7, 11) is 1.82. The van der Waals surface area contributed by atoms with Crippen molar-refractivity contribution in [3.63, 3.8) is 0 Å². The molecule has 0 spiro atoms. The zero-order valence-electron chi connectivity index (χ0n) is 7.05. The lowest BCUT2D eigenvalue weighted by Crippen LogP contribution is -2.26. The first-order valence-corrected chi connectivity index (χ1v) is 3.83. The number of rotatable bonds is 5. The van der Waals surface area contributed by atoms with Crippen LogP contribution in [0.1, 0.15) is 26.7 Å². The van der Waals surface area contributed by atoms with Crippen LogP contribution >= 0.6 is 0 Å². The van der Waals surface area contributed by atoms with Gasteiger partial charge in [0.05, 0.1) is 6.04 Å². The maximum atomic E-state index is 10.3. The van der Waals surface area contributed by atoms with Gasteiger partial charge in [-0.3, -0.25) is 0 Å². The molecule has 0 radical (unpaired) electrons. The maximum absolute atomic E-state index is 10.3. The molecule has 0 amide bonds. The lowest BCUT2D eigenvalue weighted by Gasteiger charge is -2.09. The summed E-state index contributed by atoms with van der Waals surface area (Å²) in [5.41, 5.74) is 0. The Bertz CT molecular complexity index is 91.3. The second kappa shape index (κ2) is 5.42. The summed E-state index contributed by atoms with van der Waals surface area (Å²) in [5.74, 6) is 0.691. The molecule has 0 aromatic rings. The van der Waals surface area contributed by atoms with Crippen LogP contribution in [-0.2, 0) is 4.79 Å². The number of aldehydes is 1. The van der Waals surface area contributed by atoms with Crippen molar-refractivity contribution in [3.05, 3.63) is 0 Å². The molecule has 1 N–H and O–H groups in total. The Balaban J connectivity index is 3.34. The van der Waals surface area contributed by atoms with Crippen LogP contribution in [0.25, 0.3) is 0 Å². The highest BCUT2D eigenvalue weighted by Crippen LogP contribution is 2.04. The van der Waals surface area contributed by atoms with Crippen molar-refractivity contribution in [2.45, 2.75) is 32.7 Å². The highest BCUT2D eigenvalue weighted by Gasteiger charge is 2.03. The molecule has 0 heterocycles. The van der Waals surface area contributed by atoms with E-state index in [0.717, 1.165) is 19.1 Å². The summed E-state index contributed by atoms with van der Waals surface area (Å²) >= 11 is 0. The molecular weight excluding hydrogens is 126 g/mol. The van der Waals surface area contributed by atoms with E-state index >= 15 is 0 Å².